The van der Waals surface area contributed by atoms with Gasteiger partial charge in [0.15, 0.2) is 0 Å². The molecule has 1 unspecified atom stereocenters. The quantitative estimate of drug-likeness (QED) is 0.310. The van der Waals surface area contributed by atoms with Crippen molar-refractivity contribution in [2.75, 3.05) is 31.1 Å². The number of carbonyl (C=O) groups excluding carboxylic acids is 2. The van der Waals surface area contributed by atoms with Gasteiger partial charge in [-0.2, -0.15) is 0 Å². The Bertz CT molecular complexity index is 1630. The number of piperazine rings is 1. The normalized spacial score (nSPS) is 22.3. The summed E-state index contributed by atoms with van der Waals surface area (Å²) in [4.78, 5) is 38.5. The van der Waals surface area contributed by atoms with Crippen molar-refractivity contribution in [3.8, 4) is 11.1 Å². The minimum absolute atomic E-state index is 0.100. The predicted molar refractivity (Wildman–Crippen MR) is 188 cm³/mol. The highest BCUT2D eigenvalue weighted by molar-refractivity contribution is 6.02. The molecule has 11 heteroatoms. The predicted octanol–water partition coefficient (Wildman–Crippen LogP) is 6.12. The van der Waals surface area contributed by atoms with E-state index < -0.39 is 29.8 Å². The van der Waals surface area contributed by atoms with E-state index >= 15 is 0 Å². The van der Waals surface area contributed by atoms with Gasteiger partial charge in [-0.1, -0.05) is 36.4 Å². The summed E-state index contributed by atoms with van der Waals surface area (Å²) in [5.74, 6) is -0.878. The highest BCUT2D eigenvalue weighted by Crippen LogP contribution is 2.39. The summed E-state index contributed by atoms with van der Waals surface area (Å²) in [7, 11) is 0. The maximum Gasteiger partial charge on any atom is 0.407 e. The Labute approximate surface area is 288 Å². The van der Waals surface area contributed by atoms with Crippen LogP contribution in [-0.2, 0) is 11.3 Å². The molecule has 3 heterocycles. The molecule has 0 radical (unpaired) electrons. The summed E-state index contributed by atoms with van der Waals surface area (Å²) in [5.41, 5.74) is 3.36. The number of fused-ring (bicyclic) bond motifs is 1. The number of amides is 2. The van der Waals surface area contributed by atoms with E-state index in [9.17, 15) is 19.1 Å². The number of carbonyl (C=O) groups is 2. The highest BCUT2D eigenvalue weighted by Gasteiger charge is 2.43. The van der Waals surface area contributed by atoms with Crippen molar-refractivity contribution in [2.45, 2.75) is 96.9 Å². The minimum atomic E-state index is -1.35. The second-order valence-corrected chi connectivity index (χ2v) is 14.8. The smallest absolute Gasteiger partial charge is 0.407 e. The Kier molecular flexibility index (Phi) is 10.2. The summed E-state index contributed by atoms with van der Waals surface area (Å²) in [6, 6.07) is 17.7. The Balaban J connectivity index is 1.19. The second-order valence-electron chi connectivity index (χ2n) is 14.8. The molecule has 1 atom stereocenters. The Hall–Kier alpha value is -4.06. The lowest BCUT2D eigenvalue weighted by Crippen LogP contribution is -2.59. The van der Waals surface area contributed by atoms with Crippen molar-refractivity contribution in [1.82, 2.24) is 25.0 Å². The van der Waals surface area contributed by atoms with Crippen molar-refractivity contribution in [2.24, 2.45) is 0 Å². The molecule has 1 saturated heterocycles. The SMILES string of the molecule is CC(C)N1CCN(Cc2ccc(-c3cccc(N4c5ncc(F)cc5C(=O)N(C5CCC(NC(=O)OC(C)(C)C)CC5)C4O)c3)cc2)CC1. The number of alkyl carbamates (subject to hydrolysis) is 1. The molecular formula is C38H49FN6O4. The number of rotatable bonds is 7. The molecule has 2 aliphatic heterocycles. The largest absolute Gasteiger partial charge is 0.444 e. The van der Waals surface area contributed by atoms with Crippen LogP contribution in [0, 0.1) is 5.82 Å². The molecular weight excluding hydrogens is 623 g/mol. The van der Waals surface area contributed by atoms with Gasteiger partial charge in [-0.05, 0) is 95.2 Å². The Morgan fingerprint density at radius 3 is 2.35 bits per heavy atom. The van der Waals surface area contributed by atoms with Gasteiger partial charge in [0.25, 0.3) is 5.91 Å². The minimum Gasteiger partial charge on any atom is -0.444 e. The molecule has 1 saturated carbocycles. The standard InChI is InChI=1S/C38H49FN6O4/c1-25(2)43-19-17-42(18-20-43)24-26-9-11-27(12-10-26)28-7-6-8-32(21-28)44-34-33(22-29(39)23-40-34)35(46)45(37(44)48)31-15-13-30(14-16-31)41-36(47)49-38(3,4)5/h6-12,21-23,25,30-31,37,48H,13-20,24H2,1-5H3,(H,41,47). The molecule has 49 heavy (non-hydrogen) atoms. The van der Waals surface area contributed by atoms with Gasteiger partial charge in [0.05, 0.1) is 11.8 Å². The molecule has 1 aliphatic carbocycles. The number of aliphatic hydroxyl groups excluding tert-OH is 1. The van der Waals surface area contributed by atoms with Gasteiger partial charge in [-0.15, -0.1) is 0 Å². The van der Waals surface area contributed by atoms with Gasteiger partial charge in [0.1, 0.15) is 17.2 Å². The van der Waals surface area contributed by atoms with Crippen molar-refractivity contribution >= 4 is 23.5 Å². The van der Waals surface area contributed by atoms with Gasteiger partial charge in [0.2, 0.25) is 6.35 Å². The van der Waals surface area contributed by atoms with Crippen molar-refractivity contribution in [3.63, 3.8) is 0 Å². The molecule has 262 valence electrons. The number of ether oxygens (including phenoxy) is 1. The van der Waals surface area contributed by atoms with E-state index in [1.54, 1.807) is 4.90 Å². The fourth-order valence-corrected chi connectivity index (χ4v) is 7.18. The molecule has 0 spiro atoms. The topological polar surface area (TPSA) is 101 Å². The van der Waals surface area contributed by atoms with Crippen molar-refractivity contribution in [1.29, 1.82) is 0 Å². The van der Waals surface area contributed by atoms with Crippen LogP contribution in [0.5, 0.6) is 0 Å². The van der Waals surface area contributed by atoms with Crippen LogP contribution in [0.4, 0.5) is 20.7 Å². The maximum atomic E-state index is 14.5. The molecule has 2 N–H and O–H groups in total. The summed E-state index contributed by atoms with van der Waals surface area (Å²) in [5, 5.41) is 14.8. The van der Waals surface area contributed by atoms with Crippen molar-refractivity contribution < 1.29 is 23.8 Å². The number of pyridine rings is 1. The van der Waals surface area contributed by atoms with Crippen LogP contribution in [0.1, 0.15) is 76.2 Å². The van der Waals surface area contributed by atoms with Crippen LogP contribution in [0.3, 0.4) is 0 Å². The summed E-state index contributed by atoms with van der Waals surface area (Å²) < 4.78 is 19.9. The monoisotopic (exact) mass is 672 g/mol. The zero-order valence-electron chi connectivity index (χ0n) is 29.2. The van der Waals surface area contributed by atoms with Crippen LogP contribution in [0.15, 0.2) is 60.8 Å². The zero-order valence-corrected chi connectivity index (χ0v) is 29.2. The number of hydrogen-bond donors (Lipinski definition) is 2. The third-order valence-corrected chi connectivity index (χ3v) is 9.77. The number of benzene rings is 2. The maximum absolute atomic E-state index is 14.5. The first-order valence-electron chi connectivity index (χ1n) is 17.5. The van der Waals surface area contributed by atoms with Gasteiger partial charge >= 0.3 is 6.09 Å². The van der Waals surface area contributed by atoms with E-state index in [0.29, 0.717) is 37.4 Å². The second kappa shape index (κ2) is 14.4. The van der Waals surface area contributed by atoms with E-state index in [4.69, 9.17) is 4.74 Å². The van der Waals surface area contributed by atoms with Crippen LogP contribution in [0.25, 0.3) is 11.1 Å². The zero-order chi connectivity index (χ0) is 34.9. The Morgan fingerprint density at radius 2 is 1.69 bits per heavy atom. The van der Waals surface area contributed by atoms with E-state index in [2.05, 4.69) is 58.2 Å². The number of anilines is 2. The van der Waals surface area contributed by atoms with Gasteiger partial charge < -0.3 is 15.2 Å². The lowest BCUT2D eigenvalue weighted by Gasteiger charge is -2.46. The summed E-state index contributed by atoms with van der Waals surface area (Å²) in [6.45, 7) is 15.2. The first-order valence-corrected chi connectivity index (χ1v) is 17.5. The number of nitrogens with zero attached hydrogens (tertiary/aromatic N) is 5. The third kappa shape index (κ3) is 8.06. The van der Waals surface area contributed by atoms with Gasteiger partial charge in [-0.25, -0.2) is 14.2 Å². The first-order chi connectivity index (χ1) is 23.4. The average molecular weight is 673 g/mol. The molecule has 10 nitrogen and oxygen atoms in total. The number of nitrogens with one attached hydrogen (secondary N) is 1. The van der Waals surface area contributed by atoms with Gasteiger partial charge in [-0.3, -0.25) is 24.4 Å². The lowest BCUT2D eigenvalue weighted by atomic mass is 9.89. The van der Waals surface area contributed by atoms with Gasteiger partial charge in [0, 0.05) is 56.5 Å². The number of hydrogen-bond acceptors (Lipinski definition) is 8. The van der Waals surface area contributed by atoms with Crippen LogP contribution in [0.2, 0.25) is 0 Å². The van der Waals surface area contributed by atoms with E-state index in [0.717, 1.165) is 50.0 Å². The van der Waals surface area contributed by atoms with Crippen LogP contribution >= 0.6 is 0 Å². The van der Waals surface area contributed by atoms with E-state index in [1.807, 2.05) is 45.0 Å². The Morgan fingerprint density at radius 1 is 1.00 bits per heavy atom. The molecule has 2 aromatic carbocycles. The van der Waals surface area contributed by atoms with Crippen molar-refractivity contribution in [3.05, 3.63) is 77.7 Å². The molecule has 2 amide bonds. The molecule has 3 aromatic rings. The molecule has 6 rings (SSSR count). The number of aromatic nitrogens is 1. The number of aliphatic hydroxyl groups is 1. The highest BCUT2D eigenvalue weighted by atomic mass is 19.1. The molecule has 1 aromatic heterocycles. The molecule has 3 aliphatic rings. The average Bonchev–Trinajstić information content (AvgIpc) is 3.06. The summed E-state index contributed by atoms with van der Waals surface area (Å²) >= 11 is 0. The van der Waals surface area contributed by atoms with Crippen LogP contribution in [-0.4, -0.2) is 93.0 Å². The fraction of sp³-hybridized carbons (Fsp3) is 0.500. The fourth-order valence-electron chi connectivity index (χ4n) is 7.18. The van der Waals surface area contributed by atoms with E-state index in [1.165, 1.54) is 16.5 Å². The molecule has 0 bridgehead atoms. The third-order valence-electron chi connectivity index (χ3n) is 9.77. The first kappa shape index (κ1) is 34.8. The summed E-state index contributed by atoms with van der Waals surface area (Å²) in [6.07, 6.45) is 1.56. The van der Waals surface area contributed by atoms with Crippen LogP contribution < -0.4 is 10.2 Å². The molecule has 2 fully saturated rings. The van der Waals surface area contributed by atoms with E-state index in [-0.39, 0.29) is 23.5 Å². The number of halogens is 1. The lowest BCUT2D eigenvalue weighted by molar-refractivity contribution is -0.0223.